The fourth-order valence-electron chi connectivity index (χ4n) is 7.01. The molecule has 45 heavy (non-hydrogen) atoms. The lowest BCUT2D eigenvalue weighted by Gasteiger charge is -2.37. The SMILES string of the molecule is CS(=O)(=O)N[C@@H](CCCCN)C(=O)NC[C@H](CC1(C(=O)N[C@H]2CC[C@@H](C(=O)O)[C@@H](CCc3ccccc3)C2)CCCC1)C(=O)O. The van der Waals surface area contributed by atoms with E-state index in [9.17, 15) is 37.8 Å². The third-order valence-corrected chi connectivity index (χ3v) is 10.2. The van der Waals surface area contributed by atoms with Crippen LogP contribution in [-0.4, -0.2) is 73.8 Å². The Hall–Kier alpha value is -3.03. The number of sulfonamides is 1. The minimum Gasteiger partial charge on any atom is -0.481 e. The second-order valence-corrected chi connectivity index (χ2v) is 14.7. The van der Waals surface area contributed by atoms with Gasteiger partial charge in [0.1, 0.15) is 6.04 Å². The van der Waals surface area contributed by atoms with Crippen molar-refractivity contribution in [3.8, 4) is 0 Å². The van der Waals surface area contributed by atoms with E-state index in [-0.39, 0.29) is 37.3 Å². The Morgan fingerprint density at radius 1 is 1.04 bits per heavy atom. The molecule has 0 aliphatic heterocycles. The molecule has 0 unspecified atom stereocenters. The highest BCUT2D eigenvalue weighted by Crippen LogP contribution is 2.44. The van der Waals surface area contributed by atoms with Crippen LogP contribution < -0.4 is 21.1 Å². The number of aliphatic carboxylic acids is 2. The summed E-state index contributed by atoms with van der Waals surface area (Å²) in [6.45, 7) is 0.154. The maximum Gasteiger partial charge on any atom is 0.308 e. The molecule has 3 rings (SSSR count). The van der Waals surface area contributed by atoms with E-state index in [1.165, 1.54) is 0 Å². The molecule has 13 heteroatoms. The van der Waals surface area contributed by atoms with Crippen LogP contribution in [0.5, 0.6) is 0 Å². The Labute approximate surface area is 266 Å². The fourth-order valence-corrected chi connectivity index (χ4v) is 7.75. The second kappa shape index (κ2) is 17.0. The average molecular weight is 651 g/mol. The van der Waals surface area contributed by atoms with Gasteiger partial charge in [-0.25, -0.2) is 13.1 Å². The molecule has 2 aliphatic rings. The van der Waals surface area contributed by atoms with Gasteiger partial charge in [0.2, 0.25) is 21.8 Å². The lowest BCUT2D eigenvalue weighted by Crippen LogP contribution is -2.50. The highest BCUT2D eigenvalue weighted by molar-refractivity contribution is 7.88. The number of carbonyl (C=O) groups is 4. The molecule has 252 valence electrons. The summed E-state index contributed by atoms with van der Waals surface area (Å²) in [4.78, 5) is 51.1. The smallest absolute Gasteiger partial charge is 0.308 e. The van der Waals surface area contributed by atoms with Crippen LogP contribution in [0.2, 0.25) is 0 Å². The van der Waals surface area contributed by atoms with Crippen LogP contribution in [-0.2, 0) is 35.6 Å². The summed E-state index contributed by atoms with van der Waals surface area (Å²) in [5.74, 6) is -4.41. The van der Waals surface area contributed by atoms with E-state index in [0.717, 1.165) is 31.1 Å². The molecule has 12 nitrogen and oxygen atoms in total. The zero-order chi connectivity index (χ0) is 33.0. The zero-order valence-electron chi connectivity index (χ0n) is 26.2. The van der Waals surface area contributed by atoms with Gasteiger partial charge in [0.05, 0.1) is 23.5 Å². The van der Waals surface area contributed by atoms with E-state index >= 15 is 0 Å². The summed E-state index contributed by atoms with van der Waals surface area (Å²) in [6, 6.07) is 8.64. The number of aryl methyl sites for hydroxylation is 1. The van der Waals surface area contributed by atoms with Crippen molar-refractivity contribution >= 4 is 33.8 Å². The Kier molecular flexibility index (Phi) is 13.8. The standard InChI is InChI=1S/C32H50N4O8S/c1-45(43,44)36-27(11-5-8-18-33)28(37)34-21-24(29(38)39)20-32(16-6-7-17-32)31(42)35-25-14-15-26(30(40)41)23(19-25)13-12-22-9-3-2-4-10-22/h2-4,9-10,23-27,36H,5-8,11-21,33H2,1H3,(H,34,37)(H,35,42)(H,38,39)(H,40,41)/t23-,24-,25-,26+,27-/m0/s1. The van der Waals surface area contributed by atoms with Gasteiger partial charge in [0, 0.05) is 12.6 Å². The van der Waals surface area contributed by atoms with Gasteiger partial charge in [-0.15, -0.1) is 0 Å². The fraction of sp³-hybridized carbons (Fsp3) is 0.688. The number of amides is 2. The summed E-state index contributed by atoms with van der Waals surface area (Å²) >= 11 is 0. The van der Waals surface area contributed by atoms with Gasteiger partial charge in [-0.1, -0.05) is 49.6 Å². The Balaban J connectivity index is 1.65. The van der Waals surface area contributed by atoms with Crippen LogP contribution in [0.25, 0.3) is 0 Å². The number of nitrogens with one attached hydrogen (secondary N) is 3. The van der Waals surface area contributed by atoms with Crippen molar-refractivity contribution in [3.05, 3.63) is 35.9 Å². The third kappa shape index (κ3) is 11.4. The largest absolute Gasteiger partial charge is 0.481 e. The highest BCUT2D eigenvalue weighted by Gasteiger charge is 2.45. The number of carbonyl (C=O) groups excluding carboxylic acids is 2. The van der Waals surface area contributed by atoms with Gasteiger partial charge in [0.25, 0.3) is 0 Å². The van der Waals surface area contributed by atoms with Gasteiger partial charge in [-0.05, 0) is 82.2 Å². The first-order valence-corrected chi connectivity index (χ1v) is 18.0. The lowest BCUT2D eigenvalue weighted by atomic mass is 9.73. The molecule has 2 fully saturated rings. The van der Waals surface area contributed by atoms with Crippen molar-refractivity contribution in [2.75, 3.05) is 19.3 Å². The normalized spacial score (nSPS) is 22.7. The Bertz CT molecular complexity index is 1250. The molecule has 1 aromatic rings. The molecule has 0 bridgehead atoms. The summed E-state index contributed by atoms with van der Waals surface area (Å²) in [5.41, 5.74) is 5.75. The predicted molar refractivity (Wildman–Crippen MR) is 169 cm³/mol. The molecular weight excluding hydrogens is 600 g/mol. The van der Waals surface area contributed by atoms with E-state index in [4.69, 9.17) is 5.73 Å². The maximum absolute atomic E-state index is 13.9. The van der Waals surface area contributed by atoms with Crippen molar-refractivity contribution in [2.24, 2.45) is 28.9 Å². The maximum atomic E-state index is 13.9. The lowest BCUT2D eigenvalue weighted by molar-refractivity contribution is -0.145. The number of carboxylic acid groups (broad SMARTS) is 2. The number of benzene rings is 1. The van der Waals surface area contributed by atoms with Crippen molar-refractivity contribution in [1.82, 2.24) is 15.4 Å². The predicted octanol–water partition coefficient (Wildman–Crippen LogP) is 2.42. The molecule has 2 amide bonds. The van der Waals surface area contributed by atoms with Crippen molar-refractivity contribution in [2.45, 2.75) is 95.6 Å². The number of rotatable bonds is 18. The topological polar surface area (TPSA) is 205 Å². The van der Waals surface area contributed by atoms with E-state index in [0.29, 0.717) is 57.9 Å². The van der Waals surface area contributed by atoms with E-state index in [2.05, 4.69) is 15.4 Å². The number of hydrogen-bond acceptors (Lipinski definition) is 7. The molecule has 7 N–H and O–H groups in total. The number of unbranched alkanes of at least 4 members (excludes halogenated alkanes) is 1. The molecular formula is C32H50N4O8S. The van der Waals surface area contributed by atoms with E-state index in [1.807, 2.05) is 30.3 Å². The van der Waals surface area contributed by atoms with Gasteiger partial charge >= 0.3 is 11.9 Å². The molecule has 0 radical (unpaired) electrons. The molecule has 0 heterocycles. The summed E-state index contributed by atoms with van der Waals surface area (Å²) in [7, 11) is -3.69. The van der Waals surface area contributed by atoms with Crippen LogP contribution in [0.1, 0.15) is 82.6 Å². The van der Waals surface area contributed by atoms with Crippen molar-refractivity contribution in [3.63, 3.8) is 0 Å². The van der Waals surface area contributed by atoms with Crippen molar-refractivity contribution < 1.29 is 37.8 Å². The molecule has 2 aliphatic carbocycles. The number of carboxylic acids is 2. The summed E-state index contributed by atoms with van der Waals surface area (Å²) < 4.78 is 26.0. The minimum absolute atomic E-state index is 0.0354. The van der Waals surface area contributed by atoms with Crippen LogP contribution in [0, 0.1) is 23.2 Å². The molecule has 0 spiro atoms. The van der Waals surface area contributed by atoms with Gasteiger partial charge in [0.15, 0.2) is 0 Å². The van der Waals surface area contributed by atoms with Gasteiger partial charge in [-0.2, -0.15) is 0 Å². The van der Waals surface area contributed by atoms with E-state index in [1.54, 1.807) is 0 Å². The third-order valence-electron chi connectivity index (χ3n) is 9.45. The van der Waals surface area contributed by atoms with Gasteiger partial charge in [-0.3, -0.25) is 19.2 Å². The molecule has 5 atom stereocenters. The van der Waals surface area contributed by atoms with Crippen LogP contribution in [0.3, 0.4) is 0 Å². The van der Waals surface area contributed by atoms with Gasteiger partial charge < -0.3 is 26.6 Å². The van der Waals surface area contributed by atoms with Crippen LogP contribution in [0.15, 0.2) is 30.3 Å². The minimum atomic E-state index is -3.69. The monoisotopic (exact) mass is 650 g/mol. The summed E-state index contributed by atoms with van der Waals surface area (Å²) in [6.07, 6.45) is 7.93. The first-order valence-electron chi connectivity index (χ1n) is 16.1. The van der Waals surface area contributed by atoms with Crippen LogP contribution in [0.4, 0.5) is 0 Å². The first-order chi connectivity index (χ1) is 21.3. The van der Waals surface area contributed by atoms with E-state index < -0.39 is 51.2 Å². The molecule has 2 saturated carbocycles. The average Bonchev–Trinajstić information content (AvgIpc) is 3.47. The quantitative estimate of drug-likeness (QED) is 0.129. The number of nitrogens with two attached hydrogens (primary N) is 1. The first kappa shape index (κ1) is 36.4. The molecule has 1 aromatic carbocycles. The highest BCUT2D eigenvalue weighted by atomic mass is 32.2. The van der Waals surface area contributed by atoms with Crippen LogP contribution >= 0.6 is 0 Å². The zero-order valence-corrected chi connectivity index (χ0v) is 27.0. The Morgan fingerprint density at radius 2 is 1.73 bits per heavy atom. The summed E-state index contributed by atoms with van der Waals surface area (Å²) in [5, 5.41) is 25.7. The molecule has 0 aromatic heterocycles. The molecule has 0 saturated heterocycles. The Morgan fingerprint density at radius 3 is 2.33 bits per heavy atom. The second-order valence-electron chi connectivity index (χ2n) is 12.9. The number of hydrogen-bond donors (Lipinski definition) is 6. The van der Waals surface area contributed by atoms with Crippen molar-refractivity contribution in [1.29, 1.82) is 0 Å².